The molecular weight excluding hydrogens is 877 g/mol. The van der Waals surface area contributed by atoms with E-state index < -0.39 is 0 Å². The average Bonchev–Trinajstić information content (AvgIpc) is 4.04. The number of benzene rings is 9. The van der Waals surface area contributed by atoms with Crippen molar-refractivity contribution in [3.63, 3.8) is 0 Å². The van der Waals surface area contributed by atoms with Gasteiger partial charge in [0.15, 0.2) is 5.58 Å². The zero-order chi connectivity index (χ0) is 49.9. The Hall–Kier alpha value is -7.82. The largest absolute Gasteiger partial charge is 0.455 e. The highest BCUT2D eigenvalue weighted by Gasteiger charge is 2.45. The normalized spacial score (nSPS) is 14.1. The smallest absolute Gasteiger partial charge is 0.160 e. The number of nitrogens with zero attached hydrogens (tertiary/aromatic N) is 2. The van der Waals surface area contributed by atoms with E-state index in [9.17, 15) is 0 Å². The van der Waals surface area contributed by atoms with Gasteiger partial charge in [-0.1, -0.05) is 135 Å². The standard InChI is InChI=1S/C68H60N2O2/c1-37-21-25-53(41(5)29-37)69(54-26-22-38(2)30-42(54)6)57-35-52-62(66-63(57)45-17-13-15-19-59(45)72-66)48-34-49-47(33-50(48)68(52,11)12)61-51(67(49,9)10)36-58(65-64(61)46-18-14-16-20-60(46)71-65)70(55-27-23-39(3)31-43(55)7)56-28-24-40(4)32-44(56)8/h13-36H,1-12H3. The number of rotatable bonds is 6. The summed E-state index contributed by atoms with van der Waals surface area (Å²) in [7, 11) is 0. The lowest BCUT2D eigenvalue weighted by Crippen LogP contribution is -2.18. The molecule has 2 aliphatic carbocycles. The van der Waals surface area contributed by atoms with Crippen LogP contribution in [0.3, 0.4) is 0 Å². The number of furan rings is 2. The molecular formula is C68H60N2O2. The van der Waals surface area contributed by atoms with Crippen LogP contribution in [0.15, 0.2) is 154 Å². The lowest BCUT2D eigenvalue weighted by Gasteiger charge is -2.31. The molecule has 9 aromatic carbocycles. The van der Waals surface area contributed by atoms with Crippen LogP contribution in [0.1, 0.15) is 94.5 Å². The molecule has 0 saturated heterocycles. The van der Waals surface area contributed by atoms with Gasteiger partial charge in [-0.05, 0) is 177 Å². The van der Waals surface area contributed by atoms with Crippen LogP contribution in [0.25, 0.3) is 66.1 Å². The SMILES string of the molecule is Cc1ccc(N(c2ccc(C)cc2C)c2cc3c(c4c2oc2ccccc24)-c2cc4c(cc2C3(C)C)-c2c(cc(N(c3ccc(C)cc3C)c3ccc(C)cc3C)c3c2oc2ccccc23)C4(C)C)c(C)c1. The first kappa shape index (κ1) is 44.1. The predicted molar refractivity (Wildman–Crippen MR) is 303 cm³/mol. The molecule has 72 heavy (non-hydrogen) atoms. The molecule has 354 valence electrons. The van der Waals surface area contributed by atoms with Crippen LogP contribution >= 0.6 is 0 Å². The maximum Gasteiger partial charge on any atom is 0.160 e. The molecule has 2 heterocycles. The minimum atomic E-state index is -0.384. The maximum atomic E-state index is 7.25. The molecule has 11 aromatic rings. The third-order valence-corrected chi connectivity index (χ3v) is 16.5. The lowest BCUT2D eigenvalue weighted by molar-refractivity contribution is 0.649. The van der Waals surface area contributed by atoms with Gasteiger partial charge in [-0.2, -0.15) is 0 Å². The fraction of sp³-hybridized carbons (Fsp3) is 0.206. The molecule has 0 bridgehead atoms. The number of hydrogen-bond donors (Lipinski definition) is 0. The number of hydrogen-bond acceptors (Lipinski definition) is 4. The second-order valence-corrected chi connectivity index (χ2v) is 22.3. The van der Waals surface area contributed by atoms with Crippen molar-refractivity contribution in [1.82, 2.24) is 0 Å². The second-order valence-electron chi connectivity index (χ2n) is 22.3. The van der Waals surface area contributed by atoms with Crippen LogP contribution in [0.2, 0.25) is 0 Å². The summed E-state index contributed by atoms with van der Waals surface area (Å²) < 4.78 is 14.4. The van der Waals surface area contributed by atoms with Crippen molar-refractivity contribution in [3.05, 3.63) is 212 Å². The minimum absolute atomic E-state index is 0.375. The Labute approximate surface area is 423 Å². The summed E-state index contributed by atoms with van der Waals surface area (Å²) in [6.45, 7) is 27.3. The Balaban J connectivity index is 1.09. The quantitative estimate of drug-likeness (QED) is 0.166. The van der Waals surface area contributed by atoms with E-state index in [-0.39, 0.29) is 10.8 Å². The highest BCUT2D eigenvalue weighted by Crippen LogP contribution is 2.62. The van der Waals surface area contributed by atoms with Crippen molar-refractivity contribution >= 4 is 78.0 Å². The summed E-state index contributed by atoms with van der Waals surface area (Å²) in [5.74, 6) is 0. The summed E-state index contributed by atoms with van der Waals surface area (Å²) in [4.78, 5) is 4.96. The van der Waals surface area contributed by atoms with E-state index in [4.69, 9.17) is 8.83 Å². The van der Waals surface area contributed by atoms with Crippen LogP contribution in [0, 0.1) is 55.4 Å². The van der Waals surface area contributed by atoms with Gasteiger partial charge in [0, 0.05) is 55.3 Å². The van der Waals surface area contributed by atoms with E-state index in [1.807, 2.05) is 0 Å². The van der Waals surface area contributed by atoms with E-state index in [0.29, 0.717) is 0 Å². The molecule has 0 aliphatic heterocycles. The van der Waals surface area contributed by atoms with Crippen molar-refractivity contribution in [2.75, 3.05) is 9.80 Å². The van der Waals surface area contributed by atoms with Gasteiger partial charge in [-0.3, -0.25) is 0 Å². The van der Waals surface area contributed by atoms with Gasteiger partial charge in [0.05, 0.1) is 16.8 Å². The van der Waals surface area contributed by atoms with Crippen molar-refractivity contribution in [3.8, 4) is 22.3 Å². The first-order valence-electron chi connectivity index (χ1n) is 25.6. The third-order valence-electron chi connectivity index (χ3n) is 16.5. The maximum absolute atomic E-state index is 7.25. The topological polar surface area (TPSA) is 32.8 Å². The highest BCUT2D eigenvalue weighted by atomic mass is 16.3. The monoisotopic (exact) mass is 936 g/mol. The molecule has 2 aromatic heterocycles. The van der Waals surface area contributed by atoms with Gasteiger partial charge in [-0.25, -0.2) is 0 Å². The van der Waals surface area contributed by atoms with Crippen molar-refractivity contribution in [2.45, 2.75) is 93.9 Å². The predicted octanol–water partition coefficient (Wildman–Crippen LogP) is 19.5. The van der Waals surface area contributed by atoms with Crippen molar-refractivity contribution in [1.29, 1.82) is 0 Å². The Bertz CT molecular complexity index is 4050. The zero-order valence-electron chi connectivity index (χ0n) is 43.6. The summed E-state index contributed by atoms with van der Waals surface area (Å²) in [5, 5.41) is 4.54. The van der Waals surface area contributed by atoms with Gasteiger partial charge < -0.3 is 18.6 Å². The molecule has 0 fully saturated rings. The average molecular weight is 937 g/mol. The Morgan fingerprint density at radius 1 is 0.333 bits per heavy atom. The summed E-state index contributed by atoms with van der Waals surface area (Å²) in [5.41, 5.74) is 29.7. The van der Waals surface area contributed by atoms with E-state index in [2.05, 4.69) is 238 Å². The molecule has 0 atom stereocenters. The molecule has 4 heteroatoms. The molecule has 0 spiro atoms. The van der Waals surface area contributed by atoms with Gasteiger partial charge in [-0.15, -0.1) is 0 Å². The van der Waals surface area contributed by atoms with Crippen molar-refractivity contribution < 1.29 is 8.83 Å². The fourth-order valence-corrected chi connectivity index (χ4v) is 13.0. The van der Waals surface area contributed by atoms with Gasteiger partial charge in [0.1, 0.15) is 16.7 Å². The molecule has 2 aliphatic rings. The summed E-state index contributed by atoms with van der Waals surface area (Å²) >= 11 is 0. The second kappa shape index (κ2) is 15.3. The first-order chi connectivity index (χ1) is 34.5. The van der Waals surface area contributed by atoms with Crippen LogP contribution in [0.4, 0.5) is 34.1 Å². The number of anilines is 6. The highest BCUT2D eigenvalue weighted by molar-refractivity contribution is 6.21. The minimum Gasteiger partial charge on any atom is -0.455 e. The molecule has 13 rings (SSSR count). The van der Waals surface area contributed by atoms with E-state index in [0.717, 1.165) is 78.0 Å². The zero-order valence-corrected chi connectivity index (χ0v) is 43.6. The molecule has 4 nitrogen and oxygen atoms in total. The van der Waals surface area contributed by atoms with Crippen LogP contribution in [-0.4, -0.2) is 0 Å². The van der Waals surface area contributed by atoms with E-state index in [1.165, 1.54) is 89.0 Å². The van der Waals surface area contributed by atoms with Gasteiger partial charge in [0.25, 0.3) is 0 Å². The molecule has 0 unspecified atom stereocenters. The summed E-state index contributed by atoms with van der Waals surface area (Å²) in [6, 6.07) is 54.6. The van der Waals surface area contributed by atoms with Gasteiger partial charge >= 0.3 is 0 Å². The molecule has 0 N–H and O–H groups in total. The lowest BCUT2D eigenvalue weighted by atomic mass is 9.79. The Morgan fingerprint density at radius 3 is 1.17 bits per heavy atom. The first-order valence-corrected chi connectivity index (χ1v) is 25.6. The van der Waals surface area contributed by atoms with Crippen LogP contribution in [0.5, 0.6) is 0 Å². The Kier molecular flexibility index (Phi) is 9.41. The van der Waals surface area contributed by atoms with E-state index >= 15 is 0 Å². The van der Waals surface area contributed by atoms with Crippen LogP contribution < -0.4 is 9.80 Å². The summed E-state index contributed by atoms with van der Waals surface area (Å²) in [6.07, 6.45) is 0. The molecule has 0 amide bonds. The fourth-order valence-electron chi connectivity index (χ4n) is 13.0. The van der Waals surface area contributed by atoms with Crippen LogP contribution in [-0.2, 0) is 10.8 Å². The molecule has 0 saturated carbocycles. The number of para-hydroxylation sites is 2. The Morgan fingerprint density at radius 2 is 0.708 bits per heavy atom. The van der Waals surface area contributed by atoms with Gasteiger partial charge in [0.2, 0.25) is 0 Å². The van der Waals surface area contributed by atoms with E-state index in [1.54, 1.807) is 0 Å². The van der Waals surface area contributed by atoms with Crippen molar-refractivity contribution in [2.24, 2.45) is 0 Å². The number of aryl methyl sites for hydroxylation is 8. The third kappa shape index (κ3) is 6.17. The molecule has 0 radical (unpaired) electrons. The number of fused-ring (bicyclic) bond motifs is 14.